The number of hydroxylamine groups is 2. The van der Waals surface area contributed by atoms with E-state index in [2.05, 4.69) is 35.6 Å². The third-order valence-corrected chi connectivity index (χ3v) is 6.00. The van der Waals surface area contributed by atoms with Gasteiger partial charge in [-0.2, -0.15) is 0 Å². The van der Waals surface area contributed by atoms with E-state index in [9.17, 15) is 13.6 Å². The summed E-state index contributed by atoms with van der Waals surface area (Å²) in [5.74, 6) is -0.0335. The summed E-state index contributed by atoms with van der Waals surface area (Å²) in [6.45, 7) is 2.69. The Morgan fingerprint density at radius 2 is 2.08 bits per heavy atom. The van der Waals surface area contributed by atoms with Crippen LogP contribution in [-0.2, 0) is 4.84 Å². The van der Waals surface area contributed by atoms with Gasteiger partial charge in [0.2, 0.25) is 0 Å². The van der Waals surface area contributed by atoms with Crippen molar-refractivity contribution < 1.29 is 18.4 Å². The Kier molecular flexibility index (Phi) is 7.83. The first-order valence-corrected chi connectivity index (χ1v) is 12.3. The summed E-state index contributed by atoms with van der Waals surface area (Å²) in [6.07, 6.45) is 12.2. The molecule has 2 amide bonds. The lowest BCUT2D eigenvalue weighted by Crippen LogP contribution is -2.31. The van der Waals surface area contributed by atoms with Crippen LogP contribution in [-0.4, -0.2) is 55.3 Å². The fourth-order valence-corrected chi connectivity index (χ4v) is 4.03. The number of fused-ring (bicyclic) bond motifs is 1. The molecule has 1 saturated heterocycles. The lowest BCUT2D eigenvalue weighted by atomic mass is 10.1. The van der Waals surface area contributed by atoms with Crippen LogP contribution in [0.15, 0.2) is 67.4 Å². The van der Waals surface area contributed by atoms with Crippen LogP contribution in [0.2, 0.25) is 0 Å². The minimum Gasteiger partial charge on any atom is -0.341 e. The van der Waals surface area contributed by atoms with Crippen LogP contribution in [0.25, 0.3) is 22.4 Å². The topological polar surface area (TPSA) is 121 Å². The van der Waals surface area contributed by atoms with E-state index >= 15 is 0 Å². The number of carbonyl (C=O) groups excluding carboxylic acids is 1. The largest absolute Gasteiger partial charge is 0.345 e. The summed E-state index contributed by atoms with van der Waals surface area (Å²) < 4.78 is 26.6. The first-order valence-electron chi connectivity index (χ1n) is 12.3. The molecule has 0 bridgehead atoms. The van der Waals surface area contributed by atoms with Crippen LogP contribution in [0.4, 0.5) is 30.8 Å². The molecule has 1 fully saturated rings. The molecule has 1 aromatic carbocycles. The van der Waals surface area contributed by atoms with Gasteiger partial charge >= 0.3 is 6.03 Å². The standard InChI is InChI=1S/C21H19FN8O2.C6H7F/c1-12-8-14(22)16(29-21(31)30-6-3-7-32-30)9-15(12)28-19-13(4-2-5-23-19)17-18-20(26-10-24-17)27-11-25-18;7-6-4-2-1-3-5-6/h2,4-5,8-11H,3,6-7H2,1H3,(H,23,28)(H,29,31)(H,24,25,26,27);1-4,6H,5H2. The summed E-state index contributed by atoms with van der Waals surface area (Å²) in [5.41, 5.74) is 3.82. The number of hydrogen-bond acceptors (Lipinski definition) is 7. The van der Waals surface area contributed by atoms with E-state index < -0.39 is 18.0 Å². The third kappa shape index (κ3) is 6.07. The number of alkyl halides is 1. The normalized spacial score (nSPS) is 16.2. The number of benzene rings is 1. The van der Waals surface area contributed by atoms with E-state index in [0.717, 1.165) is 6.42 Å². The van der Waals surface area contributed by atoms with Crippen molar-refractivity contribution in [2.24, 2.45) is 0 Å². The lowest BCUT2D eigenvalue weighted by Gasteiger charge is -2.17. The van der Waals surface area contributed by atoms with Crippen LogP contribution in [0.1, 0.15) is 18.4 Å². The van der Waals surface area contributed by atoms with Gasteiger partial charge in [0.25, 0.3) is 0 Å². The zero-order valence-electron chi connectivity index (χ0n) is 21.1. The predicted molar refractivity (Wildman–Crippen MR) is 143 cm³/mol. The summed E-state index contributed by atoms with van der Waals surface area (Å²) in [4.78, 5) is 37.7. The molecule has 10 nitrogen and oxygen atoms in total. The van der Waals surface area contributed by atoms with E-state index in [4.69, 9.17) is 4.84 Å². The SMILES string of the molecule is Cc1cc(F)c(NC(=O)N2CCCO2)cc1Nc1ncccc1-c1ncnc2nc[nH]c12.FC1C=CC=CC1. The molecule has 12 heteroatoms. The van der Waals surface area contributed by atoms with Gasteiger partial charge in [0.05, 0.1) is 25.2 Å². The van der Waals surface area contributed by atoms with Crippen molar-refractivity contribution in [2.45, 2.75) is 25.9 Å². The second-order valence-electron chi connectivity index (χ2n) is 8.78. The van der Waals surface area contributed by atoms with E-state index in [-0.39, 0.29) is 5.69 Å². The Labute approximate surface area is 222 Å². The van der Waals surface area contributed by atoms with Crippen molar-refractivity contribution in [3.05, 3.63) is 78.8 Å². The molecule has 0 spiro atoms. The molecule has 0 radical (unpaired) electrons. The van der Waals surface area contributed by atoms with Crippen LogP contribution in [0.3, 0.4) is 0 Å². The maximum atomic E-state index is 14.6. The summed E-state index contributed by atoms with van der Waals surface area (Å²) in [7, 11) is 0. The molecule has 2 aliphatic rings. The average Bonchev–Trinajstić information content (AvgIpc) is 3.65. The van der Waals surface area contributed by atoms with E-state index in [1.165, 1.54) is 23.5 Å². The zero-order chi connectivity index (χ0) is 27.2. The molecular weight excluding hydrogens is 506 g/mol. The quantitative estimate of drug-likeness (QED) is 0.312. The molecule has 1 aliphatic heterocycles. The van der Waals surface area contributed by atoms with Crippen molar-refractivity contribution in [2.75, 3.05) is 23.8 Å². The number of aromatic amines is 1. The minimum atomic E-state index is -0.731. The monoisotopic (exact) mass is 532 g/mol. The highest BCUT2D eigenvalue weighted by Gasteiger charge is 2.21. The van der Waals surface area contributed by atoms with Crippen molar-refractivity contribution in [1.82, 2.24) is 30.0 Å². The smallest absolute Gasteiger partial charge is 0.341 e. The van der Waals surface area contributed by atoms with Gasteiger partial charge in [0, 0.05) is 23.9 Å². The van der Waals surface area contributed by atoms with E-state index in [1.807, 2.05) is 18.2 Å². The van der Waals surface area contributed by atoms with Crippen LogP contribution in [0, 0.1) is 12.7 Å². The fourth-order valence-electron chi connectivity index (χ4n) is 4.03. The number of urea groups is 1. The number of amides is 2. The number of anilines is 3. The second-order valence-corrected chi connectivity index (χ2v) is 8.78. The van der Waals surface area contributed by atoms with E-state index in [1.54, 1.807) is 37.7 Å². The van der Waals surface area contributed by atoms with E-state index in [0.29, 0.717) is 59.1 Å². The maximum absolute atomic E-state index is 14.6. The number of carbonyl (C=O) groups is 1. The van der Waals surface area contributed by atoms with Crippen LogP contribution >= 0.6 is 0 Å². The molecule has 6 rings (SSSR count). The van der Waals surface area contributed by atoms with Crippen molar-refractivity contribution >= 4 is 34.4 Å². The van der Waals surface area contributed by atoms with Crippen LogP contribution < -0.4 is 10.6 Å². The maximum Gasteiger partial charge on any atom is 0.345 e. The third-order valence-electron chi connectivity index (χ3n) is 6.00. The molecule has 3 N–H and O–H groups in total. The number of halogens is 2. The lowest BCUT2D eigenvalue weighted by molar-refractivity contribution is -0.0614. The Morgan fingerprint density at radius 1 is 1.18 bits per heavy atom. The molecule has 200 valence electrons. The molecule has 39 heavy (non-hydrogen) atoms. The van der Waals surface area contributed by atoms with Gasteiger partial charge in [-0.3, -0.25) is 4.84 Å². The number of pyridine rings is 1. The fraction of sp³-hybridized carbons (Fsp3) is 0.222. The number of rotatable bonds is 4. The highest BCUT2D eigenvalue weighted by Crippen LogP contribution is 2.33. The zero-order valence-corrected chi connectivity index (χ0v) is 21.1. The summed E-state index contributed by atoms with van der Waals surface area (Å²) in [6, 6.07) is 6.03. The molecule has 1 aliphatic carbocycles. The Morgan fingerprint density at radius 3 is 2.82 bits per heavy atom. The van der Waals surface area contributed by atoms with Gasteiger partial charge in [-0.05, 0) is 43.2 Å². The Hall–Kier alpha value is -4.71. The highest BCUT2D eigenvalue weighted by molar-refractivity contribution is 5.92. The molecule has 4 aromatic rings. The van der Waals surface area contributed by atoms with Gasteiger partial charge in [-0.15, -0.1) is 0 Å². The van der Waals surface area contributed by atoms with Crippen molar-refractivity contribution in [1.29, 1.82) is 0 Å². The second kappa shape index (κ2) is 11.8. The predicted octanol–water partition coefficient (Wildman–Crippen LogP) is 5.62. The first kappa shape index (κ1) is 25.9. The molecule has 0 saturated carbocycles. The van der Waals surface area contributed by atoms with Crippen LogP contribution in [0.5, 0.6) is 0 Å². The number of H-pyrrole nitrogens is 1. The number of nitrogens with one attached hydrogen (secondary N) is 3. The van der Waals surface area contributed by atoms with Gasteiger partial charge in [0.15, 0.2) is 5.65 Å². The molecule has 4 heterocycles. The number of aromatic nitrogens is 5. The Balaban J connectivity index is 0.000000384. The number of hydrogen-bond donors (Lipinski definition) is 3. The van der Waals surface area contributed by atoms with Crippen molar-refractivity contribution in [3.8, 4) is 11.3 Å². The van der Waals surface area contributed by atoms with Gasteiger partial charge < -0.3 is 15.6 Å². The number of aryl methyl sites for hydroxylation is 1. The first-order chi connectivity index (χ1) is 19.0. The minimum absolute atomic E-state index is 0.0362. The number of allylic oxidation sites excluding steroid dienone is 4. The average molecular weight is 533 g/mol. The molecule has 1 unspecified atom stereocenters. The van der Waals surface area contributed by atoms with Crippen molar-refractivity contribution in [3.63, 3.8) is 0 Å². The number of nitrogens with zero attached hydrogens (tertiary/aromatic N) is 5. The highest BCUT2D eigenvalue weighted by atomic mass is 19.1. The summed E-state index contributed by atoms with van der Waals surface area (Å²) >= 11 is 0. The van der Waals surface area contributed by atoms with Gasteiger partial charge in [-0.25, -0.2) is 38.6 Å². The number of imidazole rings is 1. The van der Waals surface area contributed by atoms with Gasteiger partial charge in [-0.1, -0.05) is 24.3 Å². The molecule has 3 aromatic heterocycles. The summed E-state index contributed by atoms with van der Waals surface area (Å²) in [5, 5.41) is 6.99. The Bertz CT molecular complexity index is 1530. The molecule has 1 atom stereocenters. The van der Waals surface area contributed by atoms with Gasteiger partial charge in [0.1, 0.15) is 35.3 Å². The molecular formula is C27H26F2N8O2.